The number of benzene rings is 1. The highest BCUT2D eigenvalue weighted by Crippen LogP contribution is 2.22. The van der Waals surface area contributed by atoms with Crippen molar-refractivity contribution < 1.29 is 0 Å². The lowest BCUT2D eigenvalue weighted by molar-refractivity contribution is 1.01. The normalized spacial score (nSPS) is 9.39. The van der Waals surface area contributed by atoms with Gasteiger partial charge in [-0.2, -0.15) is 0 Å². The van der Waals surface area contributed by atoms with Crippen molar-refractivity contribution in [2.24, 2.45) is 5.11 Å². The Balaban J connectivity index is 2.24. The number of aromatic nitrogens is 1. The van der Waals surface area contributed by atoms with E-state index in [0.29, 0.717) is 18.0 Å². The molecule has 0 aliphatic rings. The Morgan fingerprint density at radius 2 is 2.28 bits per heavy atom. The molecule has 0 unspecified atom stereocenters. The van der Waals surface area contributed by atoms with E-state index in [2.05, 4.69) is 26.9 Å². The van der Waals surface area contributed by atoms with Gasteiger partial charge in [0.15, 0.2) is 0 Å². The molecule has 1 aromatic carbocycles. The fraction of sp³-hybridized carbons (Fsp3) is 0.154. The van der Waals surface area contributed by atoms with E-state index in [1.165, 1.54) is 0 Å². The zero-order chi connectivity index (χ0) is 12.8. The van der Waals surface area contributed by atoms with Crippen LogP contribution in [0.15, 0.2) is 35.6 Å². The molecule has 0 N–H and O–H groups in total. The maximum absolute atomic E-state index is 8.12. The number of rotatable bonds is 2. The van der Waals surface area contributed by atoms with Crippen molar-refractivity contribution in [2.75, 3.05) is 6.54 Å². The second kappa shape index (κ2) is 5.92. The number of azide groups is 1. The van der Waals surface area contributed by atoms with Crippen LogP contribution in [0.3, 0.4) is 0 Å². The Bertz CT molecular complexity index is 678. The first-order chi connectivity index (χ1) is 8.81. The van der Waals surface area contributed by atoms with Gasteiger partial charge in [-0.3, -0.25) is 4.98 Å². The van der Waals surface area contributed by atoms with Crippen molar-refractivity contribution in [3.8, 4) is 11.8 Å². The molecule has 0 spiro atoms. The monoisotopic (exact) mass is 256 g/mol. The molecule has 0 bridgehead atoms. The fourth-order valence-electron chi connectivity index (χ4n) is 1.51. The molecule has 5 heteroatoms. The average Bonchev–Trinajstić information content (AvgIpc) is 2.39. The smallest absolute Gasteiger partial charge is 0.0717 e. The van der Waals surface area contributed by atoms with Crippen LogP contribution in [-0.4, -0.2) is 11.5 Å². The van der Waals surface area contributed by atoms with Gasteiger partial charge in [-0.25, -0.2) is 0 Å². The summed E-state index contributed by atoms with van der Waals surface area (Å²) in [7, 11) is 0. The molecule has 0 saturated carbocycles. The standard InChI is InChI=1S/C13H9ClN4/c14-12-6-8-16-13-5-4-10(9-11(12)13)3-1-2-7-17-18-15/h4-6,8-9H,2,7H2. The number of fused-ring (bicyclic) bond motifs is 1. The molecular weight excluding hydrogens is 248 g/mol. The van der Waals surface area contributed by atoms with Gasteiger partial charge in [0, 0.05) is 35.0 Å². The molecule has 0 fully saturated rings. The minimum absolute atomic E-state index is 0.388. The number of hydrogen-bond donors (Lipinski definition) is 0. The lowest BCUT2D eigenvalue weighted by Crippen LogP contribution is -1.82. The number of pyridine rings is 1. The molecule has 0 saturated heterocycles. The van der Waals surface area contributed by atoms with Crippen molar-refractivity contribution in [3.63, 3.8) is 0 Å². The van der Waals surface area contributed by atoms with Crippen LogP contribution in [0.1, 0.15) is 12.0 Å². The third-order valence-corrected chi connectivity index (χ3v) is 2.65. The zero-order valence-corrected chi connectivity index (χ0v) is 10.2. The Labute approximate surface area is 109 Å². The van der Waals surface area contributed by atoms with Crippen molar-refractivity contribution in [3.05, 3.63) is 51.5 Å². The van der Waals surface area contributed by atoms with E-state index in [-0.39, 0.29) is 0 Å². The molecule has 2 aromatic rings. The van der Waals surface area contributed by atoms with E-state index in [1.807, 2.05) is 18.2 Å². The van der Waals surface area contributed by atoms with E-state index < -0.39 is 0 Å². The predicted octanol–water partition coefficient (Wildman–Crippen LogP) is 3.94. The highest BCUT2D eigenvalue weighted by molar-refractivity contribution is 6.35. The van der Waals surface area contributed by atoms with E-state index in [0.717, 1.165) is 16.5 Å². The van der Waals surface area contributed by atoms with Crippen LogP contribution in [0.25, 0.3) is 21.3 Å². The van der Waals surface area contributed by atoms with Crippen molar-refractivity contribution in [2.45, 2.75) is 6.42 Å². The van der Waals surface area contributed by atoms with Crippen LogP contribution < -0.4 is 0 Å². The van der Waals surface area contributed by atoms with E-state index in [4.69, 9.17) is 17.1 Å². The first kappa shape index (κ1) is 12.3. The SMILES string of the molecule is [N-]=[N+]=NCCC#Cc1ccc2nccc(Cl)c2c1. The fourth-order valence-corrected chi connectivity index (χ4v) is 1.71. The lowest BCUT2D eigenvalue weighted by Gasteiger charge is -1.99. The first-order valence-corrected chi connectivity index (χ1v) is 5.73. The number of nitrogens with zero attached hydrogens (tertiary/aromatic N) is 4. The summed E-state index contributed by atoms with van der Waals surface area (Å²) in [5, 5.41) is 4.97. The van der Waals surface area contributed by atoms with Gasteiger partial charge in [0.25, 0.3) is 0 Å². The molecule has 0 aliphatic carbocycles. The van der Waals surface area contributed by atoms with Crippen LogP contribution in [-0.2, 0) is 0 Å². The van der Waals surface area contributed by atoms with Crippen molar-refractivity contribution in [1.82, 2.24) is 4.98 Å². The molecule has 18 heavy (non-hydrogen) atoms. The number of hydrogen-bond acceptors (Lipinski definition) is 2. The molecule has 1 heterocycles. The maximum Gasteiger partial charge on any atom is 0.0717 e. The lowest BCUT2D eigenvalue weighted by atomic mass is 10.1. The summed E-state index contributed by atoms with van der Waals surface area (Å²) in [5.74, 6) is 5.95. The Kier molecular flexibility index (Phi) is 4.03. The topological polar surface area (TPSA) is 61.7 Å². The molecule has 0 atom stereocenters. The van der Waals surface area contributed by atoms with Crippen LogP contribution in [0.5, 0.6) is 0 Å². The van der Waals surface area contributed by atoms with Gasteiger partial charge >= 0.3 is 0 Å². The summed E-state index contributed by atoms with van der Waals surface area (Å²) in [4.78, 5) is 6.88. The largest absolute Gasteiger partial charge is 0.256 e. The maximum atomic E-state index is 8.12. The van der Waals surface area contributed by atoms with E-state index in [1.54, 1.807) is 12.3 Å². The second-order valence-electron chi connectivity index (χ2n) is 3.53. The highest BCUT2D eigenvalue weighted by atomic mass is 35.5. The van der Waals surface area contributed by atoms with E-state index in [9.17, 15) is 0 Å². The third-order valence-electron chi connectivity index (χ3n) is 2.32. The summed E-state index contributed by atoms with van der Waals surface area (Å²) in [6, 6.07) is 7.44. The van der Waals surface area contributed by atoms with Gasteiger partial charge in [-0.05, 0) is 29.8 Å². The molecule has 2 rings (SSSR count). The molecule has 88 valence electrons. The highest BCUT2D eigenvalue weighted by Gasteiger charge is 1.99. The average molecular weight is 257 g/mol. The summed E-state index contributed by atoms with van der Waals surface area (Å²) in [6.45, 7) is 0.388. The van der Waals surface area contributed by atoms with Crippen molar-refractivity contribution in [1.29, 1.82) is 0 Å². The minimum Gasteiger partial charge on any atom is -0.256 e. The summed E-state index contributed by atoms with van der Waals surface area (Å²) >= 11 is 6.09. The second-order valence-corrected chi connectivity index (χ2v) is 3.94. The molecule has 0 amide bonds. The van der Waals surface area contributed by atoms with E-state index >= 15 is 0 Å². The van der Waals surface area contributed by atoms with Crippen LogP contribution in [0.2, 0.25) is 5.02 Å². The number of halogens is 1. The molecule has 0 aliphatic heterocycles. The Hall–Kier alpha value is -2.21. The van der Waals surface area contributed by atoms with Crippen molar-refractivity contribution >= 4 is 22.5 Å². The zero-order valence-electron chi connectivity index (χ0n) is 9.47. The van der Waals surface area contributed by atoms with Gasteiger partial charge < -0.3 is 0 Å². The van der Waals surface area contributed by atoms with Gasteiger partial charge in [-0.15, -0.1) is 0 Å². The molecular formula is C13H9ClN4. The van der Waals surface area contributed by atoms with Crippen LogP contribution in [0.4, 0.5) is 0 Å². The summed E-state index contributed by atoms with van der Waals surface area (Å²) < 4.78 is 0. The van der Waals surface area contributed by atoms with Crippen LogP contribution >= 0.6 is 11.6 Å². The summed E-state index contributed by atoms with van der Waals surface area (Å²) in [5.41, 5.74) is 9.84. The summed E-state index contributed by atoms with van der Waals surface area (Å²) in [6.07, 6.45) is 2.22. The Morgan fingerprint density at radius 1 is 1.39 bits per heavy atom. The van der Waals surface area contributed by atoms with Gasteiger partial charge in [0.05, 0.1) is 10.5 Å². The third kappa shape index (κ3) is 2.92. The first-order valence-electron chi connectivity index (χ1n) is 5.35. The quantitative estimate of drug-likeness (QED) is 0.264. The van der Waals surface area contributed by atoms with Gasteiger partial charge in [0.2, 0.25) is 0 Å². The van der Waals surface area contributed by atoms with Gasteiger partial charge in [0.1, 0.15) is 0 Å². The molecule has 0 radical (unpaired) electrons. The molecule has 4 nitrogen and oxygen atoms in total. The van der Waals surface area contributed by atoms with Gasteiger partial charge in [-0.1, -0.05) is 28.6 Å². The Morgan fingerprint density at radius 3 is 3.11 bits per heavy atom. The predicted molar refractivity (Wildman–Crippen MR) is 72.3 cm³/mol. The molecule has 1 aromatic heterocycles. The minimum atomic E-state index is 0.388. The van der Waals surface area contributed by atoms with Crippen LogP contribution in [0, 0.1) is 11.8 Å².